The maximum absolute atomic E-state index is 14.4. The number of hydrogen-bond donors (Lipinski definition) is 3. The molecule has 44 heavy (non-hydrogen) atoms. The molecule has 0 unspecified atom stereocenters. The highest BCUT2D eigenvalue weighted by atomic mass is 35.5. The second-order valence-electron chi connectivity index (χ2n) is 11.4. The van der Waals surface area contributed by atoms with Crippen molar-refractivity contribution >= 4 is 45.9 Å². The summed E-state index contributed by atoms with van der Waals surface area (Å²) in [6.07, 6.45) is 2.57. The summed E-state index contributed by atoms with van der Waals surface area (Å²) in [5.41, 5.74) is 5.13. The lowest BCUT2D eigenvalue weighted by atomic mass is 9.81. The predicted molar refractivity (Wildman–Crippen MR) is 161 cm³/mol. The number of carbonyl (C=O) groups is 2. The molecule has 0 saturated heterocycles. The third kappa shape index (κ3) is 4.89. The van der Waals surface area contributed by atoms with Gasteiger partial charge in [0.2, 0.25) is 11.9 Å². The van der Waals surface area contributed by atoms with Crippen molar-refractivity contribution in [1.29, 1.82) is 0 Å². The third-order valence-corrected chi connectivity index (χ3v) is 9.17. The van der Waals surface area contributed by atoms with Crippen LogP contribution in [0.15, 0.2) is 36.5 Å². The number of aryl methyl sites for hydroxylation is 1. The Labute approximate surface area is 261 Å². The molecule has 4 heterocycles. The molecule has 0 radical (unpaired) electrons. The van der Waals surface area contributed by atoms with Crippen LogP contribution in [-0.4, -0.2) is 52.1 Å². The topological polar surface area (TPSA) is 150 Å². The molecule has 0 bridgehead atoms. The van der Waals surface area contributed by atoms with Crippen molar-refractivity contribution in [3.63, 3.8) is 0 Å². The zero-order valence-corrected chi connectivity index (χ0v) is 25.5. The number of halogens is 3. The number of nitrogens with one attached hydrogen (secondary N) is 1. The van der Waals surface area contributed by atoms with Gasteiger partial charge in [0, 0.05) is 28.3 Å². The highest BCUT2D eigenvalue weighted by Gasteiger charge is 2.50. The first kappa shape index (κ1) is 30.0. The van der Waals surface area contributed by atoms with Crippen LogP contribution in [0.25, 0.3) is 22.2 Å². The molecule has 13 heteroatoms. The van der Waals surface area contributed by atoms with Crippen LogP contribution in [0.2, 0.25) is 10.0 Å². The molecule has 2 aliphatic rings. The number of nitrogens with zero attached hydrogens (tertiary/aromatic N) is 3. The lowest BCUT2D eigenvalue weighted by Gasteiger charge is -2.30. The number of nitrogens with two attached hydrogens (primary N) is 1. The molecule has 4 N–H and O–H groups in total. The van der Waals surface area contributed by atoms with E-state index in [0.29, 0.717) is 45.8 Å². The summed E-state index contributed by atoms with van der Waals surface area (Å²) < 4.78 is 25.8. The fourth-order valence-corrected chi connectivity index (χ4v) is 5.88. The molecule has 2 amide bonds. The van der Waals surface area contributed by atoms with Crippen LogP contribution in [0.3, 0.4) is 0 Å². The van der Waals surface area contributed by atoms with E-state index in [1.54, 1.807) is 38.1 Å². The smallest absolute Gasteiger partial charge is 0.251 e. The molecule has 1 fully saturated rings. The highest BCUT2D eigenvalue weighted by molar-refractivity contribution is 6.33. The number of carbonyl (C=O) groups excluding carboxylic acids is 2. The molecule has 4 aromatic rings. The predicted octanol–water partition coefficient (Wildman–Crippen LogP) is 4.62. The van der Waals surface area contributed by atoms with E-state index < -0.39 is 28.8 Å². The molecule has 2 atom stereocenters. The lowest BCUT2D eigenvalue weighted by Crippen LogP contribution is -2.44. The first-order chi connectivity index (χ1) is 20.9. The van der Waals surface area contributed by atoms with Gasteiger partial charge in [0.05, 0.1) is 30.1 Å². The van der Waals surface area contributed by atoms with Gasteiger partial charge in [0.25, 0.3) is 5.91 Å². The Morgan fingerprint density at radius 1 is 1.25 bits per heavy atom. The monoisotopic (exact) mass is 639 g/mol. The molecule has 1 saturated carbocycles. The summed E-state index contributed by atoms with van der Waals surface area (Å²) in [5.74, 6) is -1.71. The Bertz CT molecular complexity index is 1870. The van der Waals surface area contributed by atoms with Crippen LogP contribution in [0.4, 0.5) is 4.39 Å². The van der Waals surface area contributed by atoms with Crippen molar-refractivity contribution in [1.82, 2.24) is 20.3 Å². The molecular formula is C31H28Cl2FN5O5. The maximum atomic E-state index is 14.4. The lowest BCUT2D eigenvalue weighted by molar-refractivity contribution is -0.123. The Morgan fingerprint density at radius 2 is 2.00 bits per heavy atom. The van der Waals surface area contributed by atoms with Crippen molar-refractivity contribution in [3.8, 4) is 22.8 Å². The summed E-state index contributed by atoms with van der Waals surface area (Å²) in [6, 6.07) is 7.95. The molecular weight excluding hydrogens is 612 g/mol. The summed E-state index contributed by atoms with van der Waals surface area (Å²) in [4.78, 5) is 38.9. The van der Waals surface area contributed by atoms with Gasteiger partial charge in [-0.2, -0.15) is 4.39 Å². The van der Waals surface area contributed by atoms with E-state index in [4.69, 9.17) is 43.4 Å². The fourth-order valence-electron chi connectivity index (χ4n) is 5.52. The second kappa shape index (κ2) is 10.8. The van der Waals surface area contributed by atoms with E-state index in [0.717, 1.165) is 0 Å². The molecule has 10 nitrogen and oxygen atoms in total. The number of pyridine rings is 3. The summed E-state index contributed by atoms with van der Waals surface area (Å²) in [7, 11) is 1.48. The van der Waals surface area contributed by atoms with Gasteiger partial charge < -0.3 is 25.6 Å². The zero-order valence-electron chi connectivity index (χ0n) is 24.0. The summed E-state index contributed by atoms with van der Waals surface area (Å²) in [5, 5.41) is 15.8. The number of hydrogen-bond acceptors (Lipinski definition) is 8. The van der Waals surface area contributed by atoms with E-state index >= 15 is 0 Å². The normalized spacial score (nSPS) is 18.8. The van der Waals surface area contributed by atoms with E-state index in [2.05, 4.69) is 15.3 Å². The first-order valence-corrected chi connectivity index (χ1v) is 14.6. The largest absolute Gasteiger partial charge is 0.494 e. The van der Waals surface area contributed by atoms with Gasteiger partial charge in [0.15, 0.2) is 0 Å². The van der Waals surface area contributed by atoms with Crippen molar-refractivity contribution in [2.24, 2.45) is 11.7 Å². The average Bonchev–Trinajstić information content (AvgIpc) is 3.80. The van der Waals surface area contributed by atoms with Gasteiger partial charge in [-0.05, 0) is 62.9 Å². The number of methoxy groups -OCH3 is 1. The second-order valence-corrected chi connectivity index (χ2v) is 12.2. The standard InChI is InChI=1S/C31H28Cl2FN5O5/c1-14-20(32)9-15-8-16(10-21(43-3)24(15)38-14)28(40)37-12-31(42,17-4-5-17)22-11-19-26(44-13-30(19,2)29(35)41)25(39-22)18-6-7-36-27(34)23(18)33/h6-11,17,42H,4-5,12-13H2,1-3H3,(H2,35,41)(H,37,40)/t30-,31+/m0/s1. The maximum Gasteiger partial charge on any atom is 0.251 e. The number of ether oxygens (including phenoxy) is 2. The Kier molecular flexibility index (Phi) is 7.38. The number of benzene rings is 1. The van der Waals surface area contributed by atoms with Gasteiger partial charge >= 0.3 is 0 Å². The van der Waals surface area contributed by atoms with Crippen LogP contribution < -0.4 is 20.5 Å². The minimum atomic E-state index is -1.67. The van der Waals surface area contributed by atoms with Crippen LogP contribution in [0, 0.1) is 18.8 Å². The number of rotatable bonds is 8. The highest BCUT2D eigenvalue weighted by Crippen LogP contribution is 2.50. The molecule has 0 spiro atoms. The molecule has 1 aliphatic carbocycles. The van der Waals surface area contributed by atoms with Gasteiger partial charge in [-0.25, -0.2) is 15.0 Å². The molecule has 1 aromatic carbocycles. The number of fused-ring (bicyclic) bond motifs is 2. The van der Waals surface area contributed by atoms with Gasteiger partial charge in [-0.1, -0.05) is 23.2 Å². The molecule has 1 aliphatic heterocycles. The van der Waals surface area contributed by atoms with Crippen LogP contribution in [0.1, 0.15) is 47.1 Å². The summed E-state index contributed by atoms with van der Waals surface area (Å²) in [6.45, 7) is 3.09. The van der Waals surface area contributed by atoms with Crippen molar-refractivity contribution in [3.05, 3.63) is 75.0 Å². The van der Waals surface area contributed by atoms with Gasteiger partial charge in [-0.3, -0.25) is 9.59 Å². The Hall–Kier alpha value is -4.06. The van der Waals surface area contributed by atoms with E-state index in [-0.39, 0.29) is 52.4 Å². The molecule has 6 rings (SSSR count). The molecule has 228 valence electrons. The van der Waals surface area contributed by atoms with Crippen molar-refractivity contribution in [2.45, 2.75) is 37.7 Å². The van der Waals surface area contributed by atoms with Crippen LogP contribution >= 0.6 is 23.2 Å². The number of primary amides is 1. The summed E-state index contributed by atoms with van der Waals surface area (Å²) >= 11 is 12.6. The minimum absolute atomic E-state index is 0.0816. The van der Waals surface area contributed by atoms with Crippen LogP contribution in [0.5, 0.6) is 11.5 Å². The van der Waals surface area contributed by atoms with Gasteiger partial charge in [-0.15, -0.1) is 0 Å². The number of amides is 2. The fraction of sp³-hybridized carbons (Fsp3) is 0.323. The number of aromatic nitrogens is 3. The van der Waals surface area contributed by atoms with E-state index in [9.17, 15) is 19.1 Å². The van der Waals surface area contributed by atoms with E-state index in [1.165, 1.54) is 19.4 Å². The third-order valence-electron chi connectivity index (χ3n) is 8.43. The van der Waals surface area contributed by atoms with Gasteiger partial charge in [0.1, 0.15) is 45.4 Å². The zero-order chi connectivity index (χ0) is 31.6. The average molecular weight is 640 g/mol. The number of aliphatic hydroxyl groups is 1. The van der Waals surface area contributed by atoms with Crippen LogP contribution in [-0.2, 0) is 15.8 Å². The van der Waals surface area contributed by atoms with Crippen molar-refractivity contribution in [2.75, 3.05) is 20.3 Å². The minimum Gasteiger partial charge on any atom is -0.494 e. The SMILES string of the molecule is COc1cc(C(=O)NC[C@](O)(c2cc3c(c(-c4ccnc(F)c4Cl)n2)OC[C@]3(C)C(N)=O)C2CC2)cc2cc(Cl)c(C)nc12. The Balaban J connectivity index is 1.41. The first-order valence-electron chi connectivity index (χ1n) is 13.8. The molecule has 3 aromatic heterocycles. The van der Waals surface area contributed by atoms with Crippen molar-refractivity contribution < 1.29 is 28.6 Å². The quantitative estimate of drug-likeness (QED) is 0.236. The van der Waals surface area contributed by atoms with E-state index in [1.807, 2.05) is 0 Å². The Morgan fingerprint density at radius 3 is 2.68 bits per heavy atom.